The number of rotatable bonds is 4. The molecule has 0 bridgehead atoms. The van der Waals surface area contributed by atoms with E-state index in [0.29, 0.717) is 50.6 Å². The molecule has 7 nitrogen and oxygen atoms in total. The Bertz CT molecular complexity index is 752. The molecule has 1 saturated carbocycles. The van der Waals surface area contributed by atoms with Gasteiger partial charge in [0.1, 0.15) is 0 Å². The van der Waals surface area contributed by atoms with E-state index in [1.54, 1.807) is 4.90 Å². The molecule has 0 radical (unpaired) electrons. The average Bonchev–Trinajstić information content (AvgIpc) is 3.23. The lowest BCUT2D eigenvalue weighted by Crippen LogP contribution is -2.47. The molecule has 0 aromatic heterocycles. The lowest BCUT2D eigenvalue weighted by atomic mass is 9.99. The van der Waals surface area contributed by atoms with Crippen LogP contribution in [0.4, 0.5) is 4.79 Å². The summed E-state index contributed by atoms with van der Waals surface area (Å²) in [4.78, 5) is 42.5. The predicted molar refractivity (Wildman–Crippen MR) is 121 cm³/mol. The SMILES string of the molecule is CC(C)CCNC(=O)N1CCCN(C(=O)c2ccccc2)C2CCCC2C(=O)NCC1. The molecule has 1 aliphatic heterocycles. The Morgan fingerprint density at radius 3 is 2.61 bits per heavy atom. The van der Waals surface area contributed by atoms with E-state index in [-0.39, 0.29) is 29.8 Å². The third-order valence-electron chi connectivity index (χ3n) is 6.29. The van der Waals surface area contributed by atoms with Crippen LogP contribution < -0.4 is 10.6 Å². The Hall–Kier alpha value is -2.57. The number of hydrogen-bond acceptors (Lipinski definition) is 3. The van der Waals surface area contributed by atoms with Crippen LogP contribution in [0.25, 0.3) is 0 Å². The van der Waals surface area contributed by atoms with Crippen molar-refractivity contribution in [2.75, 3.05) is 32.7 Å². The molecule has 31 heavy (non-hydrogen) atoms. The first-order chi connectivity index (χ1) is 15.0. The van der Waals surface area contributed by atoms with Crippen LogP contribution in [0.3, 0.4) is 0 Å². The van der Waals surface area contributed by atoms with Crippen LogP contribution in [0.1, 0.15) is 56.3 Å². The molecule has 2 fully saturated rings. The monoisotopic (exact) mass is 428 g/mol. The van der Waals surface area contributed by atoms with Gasteiger partial charge in [-0.2, -0.15) is 0 Å². The zero-order chi connectivity index (χ0) is 22.2. The fraction of sp³-hybridized carbons (Fsp3) is 0.625. The van der Waals surface area contributed by atoms with Crippen molar-refractivity contribution < 1.29 is 14.4 Å². The molecule has 2 N–H and O–H groups in total. The van der Waals surface area contributed by atoms with Crippen LogP contribution in [0.2, 0.25) is 0 Å². The lowest BCUT2D eigenvalue weighted by Gasteiger charge is -2.33. The van der Waals surface area contributed by atoms with Crippen LogP contribution in [0, 0.1) is 11.8 Å². The fourth-order valence-electron chi connectivity index (χ4n) is 4.56. The van der Waals surface area contributed by atoms with Crippen LogP contribution >= 0.6 is 0 Å². The summed E-state index contributed by atoms with van der Waals surface area (Å²) >= 11 is 0. The highest BCUT2D eigenvalue weighted by atomic mass is 16.2. The summed E-state index contributed by atoms with van der Waals surface area (Å²) in [5.41, 5.74) is 0.645. The van der Waals surface area contributed by atoms with Gasteiger partial charge in [-0.1, -0.05) is 38.5 Å². The third kappa shape index (κ3) is 6.21. The van der Waals surface area contributed by atoms with Crippen LogP contribution in [-0.2, 0) is 4.79 Å². The number of carbonyl (C=O) groups is 3. The zero-order valence-corrected chi connectivity index (χ0v) is 18.8. The minimum absolute atomic E-state index is 0.00423. The number of benzene rings is 1. The van der Waals surface area contributed by atoms with Gasteiger partial charge < -0.3 is 20.4 Å². The van der Waals surface area contributed by atoms with E-state index in [1.165, 1.54) is 0 Å². The first-order valence-corrected chi connectivity index (χ1v) is 11.6. The summed E-state index contributed by atoms with van der Waals surface area (Å²) in [6, 6.07) is 9.08. The summed E-state index contributed by atoms with van der Waals surface area (Å²) in [6.07, 6.45) is 4.21. The summed E-state index contributed by atoms with van der Waals surface area (Å²) in [7, 11) is 0. The molecule has 1 aromatic rings. The molecule has 170 valence electrons. The van der Waals surface area contributed by atoms with Crippen LogP contribution in [0.15, 0.2) is 30.3 Å². The Kier molecular flexibility index (Phi) is 8.32. The molecule has 4 amide bonds. The van der Waals surface area contributed by atoms with Gasteiger partial charge in [-0.3, -0.25) is 9.59 Å². The summed E-state index contributed by atoms with van der Waals surface area (Å²) in [5, 5.41) is 6.00. The predicted octanol–water partition coefficient (Wildman–Crippen LogP) is 2.88. The second kappa shape index (κ2) is 11.2. The molecule has 2 unspecified atom stereocenters. The number of hydrogen-bond donors (Lipinski definition) is 2. The van der Waals surface area contributed by atoms with Crippen LogP contribution in [-0.4, -0.2) is 66.4 Å². The van der Waals surface area contributed by atoms with Gasteiger partial charge in [0, 0.05) is 44.3 Å². The van der Waals surface area contributed by atoms with Gasteiger partial charge in [-0.25, -0.2) is 4.79 Å². The van der Waals surface area contributed by atoms with E-state index >= 15 is 0 Å². The second-order valence-electron chi connectivity index (χ2n) is 9.02. The summed E-state index contributed by atoms with van der Waals surface area (Å²) in [6.45, 7) is 6.91. The molecule has 1 saturated heterocycles. The van der Waals surface area contributed by atoms with Crippen molar-refractivity contribution in [1.29, 1.82) is 0 Å². The number of nitrogens with zero attached hydrogens (tertiary/aromatic N) is 2. The molecule has 2 atom stereocenters. The van der Waals surface area contributed by atoms with Crippen molar-refractivity contribution in [3.8, 4) is 0 Å². The number of amides is 4. The first-order valence-electron chi connectivity index (χ1n) is 11.6. The zero-order valence-electron chi connectivity index (χ0n) is 18.8. The highest BCUT2D eigenvalue weighted by molar-refractivity contribution is 5.95. The van der Waals surface area contributed by atoms with Gasteiger partial charge >= 0.3 is 6.03 Å². The Balaban J connectivity index is 1.73. The van der Waals surface area contributed by atoms with Crippen molar-refractivity contribution >= 4 is 17.8 Å². The van der Waals surface area contributed by atoms with Crippen molar-refractivity contribution in [2.24, 2.45) is 11.8 Å². The minimum Gasteiger partial charge on any atom is -0.354 e. The van der Waals surface area contributed by atoms with Gasteiger partial charge in [-0.15, -0.1) is 0 Å². The van der Waals surface area contributed by atoms with Crippen LogP contribution in [0.5, 0.6) is 0 Å². The number of urea groups is 1. The van der Waals surface area contributed by atoms with E-state index in [1.807, 2.05) is 35.2 Å². The van der Waals surface area contributed by atoms with Crippen molar-refractivity contribution in [2.45, 2.75) is 52.0 Å². The second-order valence-corrected chi connectivity index (χ2v) is 9.02. The Morgan fingerprint density at radius 2 is 1.87 bits per heavy atom. The molecular weight excluding hydrogens is 392 g/mol. The first kappa shape index (κ1) is 23.1. The molecule has 7 heteroatoms. The maximum absolute atomic E-state index is 13.3. The molecule has 1 aliphatic carbocycles. The van der Waals surface area contributed by atoms with Gasteiger partial charge in [0.15, 0.2) is 0 Å². The van der Waals surface area contributed by atoms with E-state index in [0.717, 1.165) is 25.7 Å². The summed E-state index contributed by atoms with van der Waals surface area (Å²) < 4.78 is 0. The maximum atomic E-state index is 13.3. The largest absolute Gasteiger partial charge is 0.354 e. The smallest absolute Gasteiger partial charge is 0.317 e. The minimum atomic E-state index is -0.181. The number of fused-ring (bicyclic) bond motifs is 1. The molecule has 1 aromatic carbocycles. The van der Waals surface area contributed by atoms with Gasteiger partial charge in [0.05, 0.1) is 5.92 Å². The molecule has 0 spiro atoms. The Labute approximate surface area is 185 Å². The van der Waals surface area contributed by atoms with Gasteiger partial charge in [0.25, 0.3) is 5.91 Å². The van der Waals surface area contributed by atoms with E-state index in [2.05, 4.69) is 24.5 Å². The molecule has 3 rings (SSSR count). The highest BCUT2D eigenvalue weighted by Gasteiger charge is 2.39. The number of nitrogens with one attached hydrogen (secondary N) is 2. The Morgan fingerprint density at radius 1 is 1.10 bits per heavy atom. The molecule has 1 heterocycles. The number of carbonyl (C=O) groups excluding carboxylic acids is 3. The van der Waals surface area contributed by atoms with E-state index in [4.69, 9.17) is 0 Å². The van der Waals surface area contributed by atoms with Gasteiger partial charge in [-0.05, 0) is 43.7 Å². The van der Waals surface area contributed by atoms with Crippen molar-refractivity contribution in [3.05, 3.63) is 35.9 Å². The lowest BCUT2D eigenvalue weighted by molar-refractivity contribution is -0.126. The highest BCUT2D eigenvalue weighted by Crippen LogP contribution is 2.31. The summed E-state index contributed by atoms with van der Waals surface area (Å²) in [5.74, 6) is 0.311. The fourth-order valence-corrected chi connectivity index (χ4v) is 4.56. The van der Waals surface area contributed by atoms with Gasteiger partial charge in [0.2, 0.25) is 5.91 Å². The maximum Gasteiger partial charge on any atom is 0.317 e. The van der Waals surface area contributed by atoms with Crippen molar-refractivity contribution in [3.63, 3.8) is 0 Å². The third-order valence-corrected chi connectivity index (χ3v) is 6.29. The molecular formula is C24H36N4O3. The standard InChI is InChI=1S/C24H36N4O3/c1-18(2)12-13-26-24(31)27-15-7-16-28(23(30)19-8-4-3-5-9-19)21-11-6-10-20(21)22(29)25-14-17-27/h3-5,8-9,18,20-21H,6-7,10-17H2,1-2H3,(H,25,29)(H,26,31). The van der Waals surface area contributed by atoms with Crippen molar-refractivity contribution in [1.82, 2.24) is 20.4 Å². The topological polar surface area (TPSA) is 81.8 Å². The average molecular weight is 429 g/mol. The van der Waals surface area contributed by atoms with E-state index < -0.39 is 0 Å². The normalized spacial score (nSPS) is 22.5. The molecule has 2 aliphatic rings. The quantitative estimate of drug-likeness (QED) is 0.774. The van der Waals surface area contributed by atoms with E-state index in [9.17, 15) is 14.4 Å².